The fraction of sp³-hybridized carbons (Fsp3) is 0.333. The van der Waals surface area contributed by atoms with Gasteiger partial charge in [0.05, 0.1) is 38.0 Å². The van der Waals surface area contributed by atoms with Crippen LogP contribution >= 0.6 is 0 Å². The second-order valence-corrected chi connectivity index (χ2v) is 9.57. The molecule has 0 spiro atoms. The second kappa shape index (κ2) is 7.24. The van der Waals surface area contributed by atoms with E-state index >= 15 is 0 Å². The molecule has 3 aromatic heterocycles. The quantitative estimate of drug-likeness (QED) is 0.519. The Hall–Kier alpha value is -3.11. The fourth-order valence-corrected chi connectivity index (χ4v) is 4.80. The first-order valence-electron chi connectivity index (χ1n) is 9.96. The third-order valence-corrected chi connectivity index (χ3v) is 6.62. The number of H-pyrrole nitrogens is 1. The summed E-state index contributed by atoms with van der Waals surface area (Å²) in [6, 6.07) is 7.58. The number of aromatic nitrogens is 4. The minimum absolute atomic E-state index is 0.0962. The zero-order chi connectivity index (χ0) is 21.8. The molecule has 0 amide bonds. The number of fused-ring (bicyclic) bond motifs is 2. The molecule has 1 aliphatic rings. The highest BCUT2D eigenvalue weighted by atomic mass is 32.2. The van der Waals surface area contributed by atoms with Crippen LogP contribution < -0.4 is 9.64 Å². The van der Waals surface area contributed by atoms with Gasteiger partial charge in [-0.1, -0.05) is 0 Å². The van der Waals surface area contributed by atoms with Gasteiger partial charge in [-0.2, -0.15) is 0 Å². The minimum atomic E-state index is -3.54. The van der Waals surface area contributed by atoms with Crippen molar-refractivity contribution in [2.45, 2.75) is 13.0 Å². The summed E-state index contributed by atoms with van der Waals surface area (Å²) in [5, 5.41) is 1.62. The van der Waals surface area contributed by atoms with Crippen LogP contribution in [-0.2, 0) is 14.8 Å². The summed E-state index contributed by atoms with van der Waals surface area (Å²) in [5.74, 6) is 1.80. The Morgan fingerprint density at radius 2 is 2.06 bits per heavy atom. The highest BCUT2D eigenvalue weighted by Gasteiger charge is 2.26. The first kappa shape index (κ1) is 19.8. The Kier molecular flexibility index (Phi) is 4.63. The topological polar surface area (TPSA) is 102 Å². The molecule has 162 valence electrons. The van der Waals surface area contributed by atoms with Gasteiger partial charge < -0.3 is 19.4 Å². The highest BCUT2D eigenvalue weighted by Crippen LogP contribution is 2.35. The Morgan fingerprint density at radius 1 is 1.23 bits per heavy atom. The number of morpholine rings is 1. The van der Waals surface area contributed by atoms with E-state index in [1.807, 2.05) is 24.4 Å². The minimum Gasteiger partial charge on any atom is -0.497 e. The lowest BCUT2D eigenvalue weighted by Crippen LogP contribution is -2.44. The standard InChI is InChI=1S/C21H23N5O4S/c1-13-12-30-9-8-25(13)20-16-5-7-26(31(3,27)28)21(16)24-19(23-20)17-10-14(29-2)11-18-15(17)4-6-22-18/h4-7,10-11,13,22H,8-9,12H2,1-3H3/t13-/m1/s1. The average molecular weight is 442 g/mol. The monoisotopic (exact) mass is 441 g/mol. The summed E-state index contributed by atoms with van der Waals surface area (Å²) in [4.78, 5) is 15.0. The third kappa shape index (κ3) is 3.31. The van der Waals surface area contributed by atoms with Crippen LogP contribution in [0.3, 0.4) is 0 Å². The van der Waals surface area contributed by atoms with Crippen molar-refractivity contribution in [2.24, 2.45) is 0 Å². The maximum Gasteiger partial charge on any atom is 0.237 e. The van der Waals surface area contributed by atoms with Crippen molar-refractivity contribution in [2.75, 3.05) is 38.0 Å². The third-order valence-electron chi connectivity index (χ3n) is 5.61. The maximum absolute atomic E-state index is 12.4. The molecular formula is C21H23N5O4S. The molecular weight excluding hydrogens is 418 g/mol. The van der Waals surface area contributed by atoms with Gasteiger partial charge in [0.25, 0.3) is 0 Å². The summed E-state index contributed by atoms with van der Waals surface area (Å²) in [7, 11) is -1.93. The van der Waals surface area contributed by atoms with Gasteiger partial charge in [0.15, 0.2) is 11.5 Å². The Morgan fingerprint density at radius 3 is 2.81 bits per heavy atom. The number of anilines is 1. The molecule has 0 aliphatic carbocycles. The van der Waals surface area contributed by atoms with Crippen molar-refractivity contribution in [1.82, 2.24) is 18.9 Å². The van der Waals surface area contributed by atoms with E-state index < -0.39 is 10.0 Å². The lowest BCUT2D eigenvalue weighted by molar-refractivity contribution is 0.0987. The van der Waals surface area contributed by atoms with Gasteiger partial charge in [-0.15, -0.1) is 0 Å². The van der Waals surface area contributed by atoms with Crippen molar-refractivity contribution in [3.63, 3.8) is 0 Å². The molecule has 4 aromatic rings. The number of hydrogen-bond donors (Lipinski definition) is 1. The SMILES string of the molecule is COc1cc(-c2nc(N3CCOC[C@H]3C)c3ccn(S(C)(=O)=O)c3n2)c2cc[nH]c2c1. The van der Waals surface area contributed by atoms with Crippen LogP contribution in [0.4, 0.5) is 5.82 Å². The number of rotatable bonds is 4. The number of hydrogen-bond acceptors (Lipinski definition) is 7. The zero-order valence-electron chi connectivity index (χ0n) is 17.5. The normalized spacial score (nSPS) is 17.5. The summed E-state index contributed by atoms with van der Waals surface area (Å²) in [6.45, 7) is 3.89. The van der Waals surface area contributed by atoms with E-state index in [2.05, 4.69) is 16.8 Å². The van der Waals surface area contributed by atoms with E-state index in [1.54, 1.807) is 13.2 Å². The van der Waals surface area contributed by atoms with Crippen molar-refractivity contribution in [3.8, 4) is 17.1 Å². The summed E-state index contributed by atoms with van der Waals surface area (Å²) in [6.07, 6.45) is 4.54. The molecule has 0 unspecified atom stereocenters. The Balaban J connectivity index is 1.83. The van der Waals surface area contributed by atoms with Crippen molar-refractivity contribution in [3.05, 3.63) is 36.7 Å². The number of benzene rings is 1. The van der Waals surface area contributed by atoms with Gasteiger partial charge in [0.2, 0.25) is 10.0 Å². The molecule has 1 N–H and O–H groups in total. The first-order valence-corrected chi connectivity index (χ1v) is 11.8. The Bertz CT molecular complexity index is 1390. The van der Waals surface area contributed by atoms with Crippen LogP contribution in [0.15, 0.2) is 36.7 Å². The molecule has 0 bridgehead atoms. The van der Waals surface area contributed by atoms with Crippen LogP contribution in [0, 0.1) is 0 Å². The fourth-order valence-electron chi connectivity index (χ4n) is 4.07. The first-order chi connectivity index (χ1) is 14.9. The van der Waals surface area contributed by atoms with Gasteiger partial charge in [-0.25, -0.2) is 22.4 Å². The molecule has 1 fully saturated rings. The lowest BCUT2D eigenvalue weighted by Gasteiger charge is -2.34. The van der Waals surface area contributed by atoms with E-state index in [-0.39, 0.29) is 6.04 Å². The molecule has 5 rings (SSSR count). The molecule has 10 heteroatoms. The Labute approximate surface area is 179 Å². The molecule has 31 heavy (non-hydrogen) atoms. The smallest absolute Gasteiger partial charge is 0.237 e. The lowest BCUT2D eigenvalue weighted by atomic mass is 10.1. The number of aromatic amines is 1. The molecule has 0 saturated carbocycles. The predicted octanol–water partition coefficient (Wildman–Crippen LogP) is 2.62. The van der Waals surface area contributed by atoms with Gasteiger partial charge in [0.1, 0.15) is 11.6 Å². The molecule has 1 atom stereocenters. The molecule has 4 heterocycles. The zero-order valence-corrected chi connectivity index (χ0v) is 18.3. The predicted molar refractivity (Wildman–Crippen MR) is 119 cm³/mol. The van der Waals surface area contributed by atoms with Crippen LogP contribution in [0.1, 0.15) is 6.92 Å². The van der Waals surface area contributed by atoms with E-state index in [4.69, 9.17) is 19.4 Å². The largest absolute Gasteiger partial charge is 0.497 e. The van der Waals surface area contributed by atoms with Crippen molar-refractivity contribution < 1.29 is 17.9 Å². The van der Waals surface area contributed by atoms with E-state index in [0.717, 1.165) is 16.5 Å². The maximum atomic E-state index is 12.4. The van der Waals surface area contributed by atoms with Crippen molar-refractivity contribution >= 4 is 37.8 Å². The molecule has 1 saturated heterocycles. The summed E-state index contributed by atoms with van der Waals surface area (Å²) < 4.78 is 37.1. The highest BCUT2D eigenvalue weighted by molar-refractivity contribution is 7.89. The number of nitrogens with one attached hydrogen (secondary N) is 1. The number of ether oxygens (including phenoxy) is 2. The van der Waals surface area contributed by atoms with Crippen LogP contribution in [0.2, 0.25) is 0 Å². The molecule has 1 aliphatic heterocycles. The summed E-state index contributed by atoms with van der Waals surface area (Å²) >= 11 is 0. The van der Waals surface area contributed by atoms with E-state index in [0.29, 0.717) is 48.2 Å². The van der Waals surface area contributed by atoms with Crippen molar-refractivity contribution in [1.29, 1.82) is 0 Å². The molecule has 0 radical (unpaired) electrons. The number of nitrogens with zero attached hydrogens (tertiary/aromatic N) is 4. The van der Waals surface area contributed by atoms with Gasteiger partial charge in [-0.05, 0) is 25.1 Å². The van der Waals surface area contributed by atoms with Gasteiger partial charge in [-0.3, -0.25) is 0 Å². The van der Waals surface area contributed by atoms with E-state index in [9.17, 15) is 8.42 Å². The van der Waals surface area contributed by atoms with Crippen LogP contribution in [0.5, 0.6) is 5.75 Å². The van der Waals surface area contributed by atoms with Gasteiger partial charge >= 0.3 is 0 Å². The molecule has 1 aromatic carbocycles. The summed E-state index contributed by atoms with van der Waals surface area (Å²) in [5.41, 5.74) is 2.01. The van der Waals surface area contributed by atoms with Crippen LogP contribution in [-0.4, -0.2) is 66.5 Å². The van der Waals surface area contributed by atoms with Crippen LogP contribution in [0.25, 0.3) is 33.3 Å². The van der Waals surface area contributed by atoms with Gasteiger partial charge in [0, 0.05) is 41.5 Å². The molecule has 9 nitrogen and oxygen atoms in total. The number of methoxy groups -OCH3 is 1. The second-order valence-electron chi connectivity index (χ2n) is 7.71. The average Bonchev–Trinajstić information content (AvgIpc) is 3.39. The van der Waals surface area contributed by atoms with E-state index in [1.165, 1.54) is 16.4 Å².